The number of rotatable bonds is 2. The Bertz CT molecular complexity index is 540. The molecule has 0 radical (unpaired) electrons. The molecule has 0 aromatic heterocycles. The minimum atomic E-state index is 0.166. The normalized spacial score (nSPS) is 30.3. The van der Waals surface area contributed by atoms with Gasteiger partial charge in [0, 0.05) is 11.5 Å². The minimum absolute atomic E-state index is 0.166. The Morgan fingerprint density at radius 3 is 2.90 bits per heavy atom. The van der Waals surface area contributed by atoms with Crippen molar-refractivity contribution in [3.8, 4) is 11.5 Å². The summed E-state index contributed by atoms with van der Waals surface area (Å²) in [5.74, 6) is 0.797. The Balaban J connectivity index is 2.02. The average Bonchev–Trinajstić information content (AvgIpc) is 2.77. The molecule has 3 rings (SSSR count). The number of likely N-dealkylation sites (N-methyl/N-ethyl adjacent to an activating group) is 1. The zero-order chi connectivity index (χ0) is 14.3. The summed E-state index contributed by atoms with van der Waals surface area (Å²) in [6, 6.07) is 6.42. The Labute approximate surface area is 120 Å². The smallest absolute Gasteiger partial charge is 0.160 e. The van der Waals surface area contributed by atoms with Crippen LogP contribution in [0.2, 0.25) is 0 Å². The lowest BCUT2D eigenvalue weighted by Crippen LogP contribution is -2.44. The summed E-state index contributed by atoms with van der Waals surface area (Å²) in [4.78, 5) is 2.45. The van der Waals surface area contributed by atoms with Crippen LogP contribution in [0, 0.1) is 0 Å². The number of ether oxygens (including phenoxy) is 1. The third-order valence-electron chi connectivity index (χ3n) is 5.24. The van der Waals surface area contributed by atoms with E-state index in [0.29, 0.717) is 11.8 Å². The zero-order valence-electron chi connectivity index (χ0n) is 12.4. The summed E-state index contributed by atoms with van der Waals surface area (Å²) >= 11 is 0. The van der Waals surface area contributed by atoms with Gasteiger partial charge in [-0.3, -0.25) is 0 Å². The van der Waals surface area contributed by atoms with Crippen molar-refractivity contribution in [1.29, 1.82) is 0 Å². The van der Waals surface area contributed by atoms with Crippen LogP contribution in [0.1, 0.15) is 31.2 Å². The molecule has 3 nitrogen and oxygen atoms in total. The third kappa shape index (κ3) is 1.92. The lowest BCUT2D eigenvalue weighted by molar-refractivity contribution is 0.209. The van der Waals surface area contributed by atoms with E-state index in [1.807, 2.05) is 12.1 Å². The molecule has 1 saturated carbocycles. The first kappa shape index (κ1) is 13.5. The van der Waals surface area contributed by atoms with Crippen LogP contribution >= 0.6 is 0 Å². The van der Waals surface area contributed by atoms with Crippen molar-refractivity contribution in [2.75, 3.05) is 20.7 Å². The maximum atomic E-state index is 10.1. The molecular formula is C17H23NO2. The van der Waals surface area contributed by atoms with Crippen LogP contribution in [-0.4, -0.2) is 36.8 Å². The second-order valence-electron chi connectivity index (χ2n) is 6.24. The second kappa shape index (κ2) is 4.81. The minimum Gasteiger partial charge on any atom is -0.504 e. The molecule has 1 heterocycles. The van der Waals surface area contributed by atoms with Crippen molar-refractivity contribution >= 4 is 0 Å². The number of benzene rings is 1. The molecule has 2 fully saturated rings. The standard InChI is InChI=1S/C17H23NO2/c1-12-6-7-17(8-9-18(2)16(17)10-12)13-4-5-15(20-3)14(19)11-13/h4-5,11,16,19H,1,6-10H2,2-3H3. The van der Waals surface area contributed by atoms with Gasteiger partial charge < -0.3 is 14.7 Å². The quantitative estimate of drug-likeness (QED) is 0.841. The SMILES string of the molecule is C=C1CCC2(c3ccc(OC)c(O)c3)CCN(C)C2C1. The highest BCUT2D eigenvalue weighted by Crippen LogP contribution is 2.50. The molecule has 1 aromatic rings. The number of methoxy groups -OCH3 is 1. The molecule has 1 aliphatic carbocycles. The predicted molar refractivity (Wildman–Crippen MR) is 80.4 cm³/mol. The van der Waals surface area contributed by atoms with E-state index in [9.17, 15) is 5.11 Å². The summed E-state index contributed by atoms with van der Waals surface area (Å²) in [6.07, 6.45) is 4.46. The highest BCUT2D eigenvalue weighted by Gasteiger charge is 2.49. The fourth-order valence-electron chi connectivity index (χ4n) is 4.02. The van der Waals surface area contributed by atoms with Gasteiger partial charge in [0.2, 0.25) is 0 Å². The lowest BCUT2D eigenvalue weighted by atomic mass is 9.65. The van der Waals surface area contributed by atoms with E-state index in [2.05, 4.69) is 24.6 Å². The van der Waals surface area contributed by atoms with Crippen LogP contribution in [-0.2, 0) is 5.41 Å². The van der Waals surface area contributed by atoms with E-state index in [-0.39, 0.29) is 11.2 Å². The first-order valence-corrected chi connectivity index (χ1v) is 7.31. The Hall–Kier alpha value is -1.48. The number of phenolic OH excluding ortho intramolecular Hbond substituents is 1. The molecule has 0 spiro atoms. The fraction of sp³-hybridized carbons (Fsp3) is 0.529. The van der Waals surface area contributed by atoms with Crippen LogP contribution < -0.4 is 4.74 Å². The number of nitrogens with zero attached hydrogens (tertiary/aromatic N) is 1. The number of aromatic hydroxyl groups is 1. The van der Waals surface area contributed by atoms with Crippen LogP contribution in [0.15, 0.2) is 30.4 Å². The molecule has 0 bridgehead atoms. The average molecular weight is 273 g/mol. The van der Waals surface area contributed by atoms with Crippen molar-refractivity contribution in [1.82, 2.24) is 4.90 Å². The molecule has 1 aliphatic heterocycles. The molecule has 1 N–H and O–H groups in total. The molecule has 3 heteroatoms. The molecule has 0 amide bonds. The van der Waals surface area contributed by atoms with Crippen molar-refractivity contribution in [3.63, 3.8) is 0 Å². The number of fused-ring (bicyclic) bond motifs is 1. The first-order chi connectivity index (χ1) is 9.56. The molecule has 2 aliphatic rings. The van der Waals surface area contributed by atoms with Gasteiger partial charge in [-0.05, 0) is 57.0 Å². The summed E-state index contributed by atoms with van der Waals surface area (Å²) in [5, 5.41) is 10.1. The monoisotopic (exact) mass is 273 g/mol. The van der Waals surface area contributed by atoms with Gasteiger partial charge in [0.25, 0.3) is 0 Å². The predicted octanol–water partition coefficient (Wildman–Crippen LogP) is 3.08. The van der Waals surface area contributed by atoms with Gasteiger partial charge in [-0.25, -0.2) is 0 Å². The van der Waals surface area contributed by atoms with Gasteiger partial charge in [0.1, 0.15) is 0 Å². The topological polar surface area (TPSA) is 32.7 Å². The van der Waals surface area contributed by atoms with E-state index in [4.69, 9.17) is 4.74 Å². The van der Waals surface area contributed by atoms with E-state index in [0.717, 1.165) is 32.2 Å². The van der Waals surface area contributed by atoms with E-state index in [1.54, 1.807) is 7.11 Å². The Kier molecular flexibility index (Phi) is 3.25. The Morgan fingerprint density at radius 1 is 1.40 bits per heavy atom. The van der Waals surface area contributed by atoms with Gasteiger partial charge in [-0.2, -0.15) is 0 Å². The van der Waals surface area contributed by atoms with E-state index < -0.39 is 0 Å². The lowest BCUT2D eigenvalue weighted by Gasteiger charge is -2.42. The molecule has 108 valence electrons. The van der Waals surface area contributed by atoms with Crippen LogP contribution in [0.4, 0.5) is 0 Å². The molecule has 2 atom stereocenters. The van der Waals surface area contributed by atoms with Crippen molar-refractivity contribution in [2.45, 2.75) is 37.1 Å². The van der Waals surface area contributed by atoms with Crippen LogP contribution in [0.5, 0.6) is 11.5 Å². The zero-order valence-corrected chi connectivity index (χ0v) is 12.4. The second-order valence-corrected chi connectivity index (χ2v) is 6.24. The van der Waals surface area contributed by atoms with Gasteiger partial charge in [0.05, 0.1) is 7.11 Å². The molecular weight excluding hydrogens is 250 g/mol. The van der Waals surface area contributed by atoms with Crippen LogP contribution in [0.25, 0.3) is 0 Å². The molecule has 2 unspecified atom stereocenters. The number of hydrogen-bond donors (Lipinski definition) is 1. The van der Waals surface area contributed by atoms with Gasteiger partial charge >= 0.3 is 0 Å². The third-order valence-corrected chi connectivity index (χ3v) is 5.24. The van der Waals surface area contributed by atoms with Crippen molar-refractivity contribution in [2.24, 2.45) is 0 Å². The maximum absolute atomic E-state index is 10.1. The summed E-state index contributed by atoms with van der Waals surface area (Å²) in [5.41, 5.74) is 2.77. The molecule has 1 saturated heterocycles. The van der Waals surface area contributed by atoms with Gasteiger partial charge in [0.15, 0.2) is 11.5 Å². The maximum Gasteiger partial charge on any atom is 0.160 e. The van der Waals surface area contributed by atoms with Crippen LogP contribution in [0.3, 0.4) is 0 Å². The summed E-state index contributed by atoms with van der Waals surface area (Å²) in [6.45, 7) is 5.30. The number of likely N-dealkylation sites (tertiary alicyclic amines) is 1. The summed E-state index contributed by atoms with van der Waals surface area (Å²) < 4.78 is 5.16. The molecule has 1 aromatic carbocycles. The van der Waals surface area contributed by atoms with Crippen molar-refractivity contribution in [3.05, 3.63) is 35.9 Å². The van der Waals surface area contributed by atoms with Gasteiger partial charge in [-0.15, -0.1) is 0 Å². The largest absolute Gasteiger partial charge is 0.504 e. The summed E-state index contributed by atoms with van der Waals surface area (Å²) in [7, 11) is 3.79. The van der Waals surface area contributed by atoms with Crippen molar-refractivity contribution < 1.29 is 9.84 Å². The van der Waals surface area contributed by atoms with Gasteiger partial charge in [-0.1, -0.05) is 18.2 Å². The highest BCUT2D eigenvalue weighted by atomic mass is 16.5. The highest BCUT2D eigenvalue weighted by molar-refractivity contribution is 5.46. The fourth-order valence-corrected chi connectivity index (χ4v) is 4.02. The van der Waals surface area contributed by atoms with E-state index in [1.165, 1.54) is 11.1 Å². The first-order valence-electron chi connectivity index (χ1n) is 7.31. The molecule has 20 heavy (non-hydrogen) atoms. The number of hydrogen-bond acceptors (Lipinski definition) is 3. The van der Waals surface area contributed by atoms with E-state index >= 15 is 0 Å². The number of phenols is 1. The Morgan fingerprint density at radius 2 is 2.20 bits per heavy atom.